The molecule has 1 aromatic heterocycles. The second-order valence-corrected chi connectivity index (χ2v) is 16.0. The SMILES string of the molecule is CNC(=O)CCOCCNC(=O)OCC1C2CCc3nnn(CCOCCC(=O)N[C@H](C(=O)N[C@@H](CCCNC(N)=O)C(=O)Nc4ccc(COC(=O)NC)cc4)C(C)C)c3CCC21. The monoisotopic (exact) mass is 899 g/mol. The maximum Gasteiger partial charge on any atom is 0.407 e. The Morgan fingerprint density at radius 3 is 2.19 bits per heavy atom. The molecule has 1 saturated carbocycles. The van der Waals surface area contributed by atoms with Gasteiger partial charge in [0.1, 0.15) is 18.7 Å². The molecule has 22 heteroatoms. The van der Waals surface area contributed by atoms with Gasteiger partial charge in [0.2, 0.25) is 23.6 Å². The molecule has 2 aliphatic carbocycles. The number of hydrogen-bond donors (Lipinski definition) is 8. The summed E-state index contributed by atoms with van der Waals surface area (Å²) in [6.45, 7) is 5.84. The number of carbonyl (C=O) groups is 7. The van der Waals surface area contributed by atoms with E-state index in [0.29, 0.717) is 61.7 Å². The molecule has 4 rings (SSSR count). The third kappa shape index (κ3) is 17.3. The van der Waals surface area contributed by atoms with E-state index in [2.05, 4.69) is 47.5 Å². The maximum absolute atomic E-state index is 13.6. The third-order valence-corrected chi connectivity index (χ3v) is 11.1. The standard InChI is InChI=1S/C42H65N11O11/c1-26(2)37(39(57)49-33(6-5-17-46-40(43)58)38(56)48-28-9-7-27(8-10-28)24-63-41(59)45-4)50-36(55)16-21-62-23-19-53-34-14-12-30-29(11-13-32(34)51-52-53)31(30)25-64-42(60)47-18-22-61-20-15-35(54)44-3/h7-10,26,29-31,33,37H,5-6,11-25H2,1-4H3,(H,44,54)(H,45,59)(H,47,60)(H,48,56)(H,49,57)(H,50,55)(H3,43,46,58)/t29?,30?,31?,33-,37-/m0/s1. The summed E-state index contributed by atoms with van der Waals surface area (Å²) < 4.78 is 23.5. The van der Waals surface area contributed by atoms with Gasteiger partial charge in [-0.25, -0.2) is 19.1 Å². The zero-order valence-electron chi connectivity index (χ0n) is 37.2. The molecule has 0 bridgehead atoms. The van der Waals surface area contributed by atoms with Gasteiger partial charge < -0.3 is 61.9 Å². The van der Waals surface area contributed by atoms with Gasteiger partial charge in [0.25, 0.3) is 0 Å². The molecule has 1 fully saturated rings. The van der Waals surface area contributed by atoms with Crippen LogP contribution in [0.2, 0.25) is 0 Å². The molecular weight excluding hydrogens is 835 g/mol. The number of ether oxygens (including phenoxy) is 4. The molecule has 0 radical (unpaired) electrons. The van der Waals surface area contributed by atoms with Crippen molar-refractivity contribution in [1.82, 2.24) is 46.9 Å². The smallest absolute Gasteiger partial charge is 0.407 e. The number of hydrogen-bond acceptors (Lipinski definition) is 13. The summed E-state index contributed by atoms with van der Waals surface area (Å²) in [6, 6.07) is 3.96. The first-order valence-electron chi connectivity index (χ1n) is 21.8. The zero-order chi connectivity index (χ0) is 46.4. The van der Waals surface area contributed by atoms with E-state index in [9.17, 15) is 33.6 Å². The number of nitrogens with one attached hydrogen (secondary N) is 7. The van der Waals surface area contributed by atoms with Gasteiger partial charge >= 0.3 is 18.2 Å². The van der Waals surface area contributed by atoms with E-state index in [1.54, 1.807) is 45.2 Å². The fraction of sp³-hybridized carbons (Fsp3) is 0.643. The van der Waals surface area contributed by atoms with Gasteiger partial charge in [-0.1, -0.05) is 31.2 Å². The van der Waals surface area contributed by atoms with Crippen molar-refractivity contribution in [3.05, 3.63) is 41.2 Å². The van der Waals surface area contributed by atoms with Gasteiger partial charge in [0, 0.05) is 45.7 Å². The number of anilines is 1. The Bertz CT molecular complexity index is 1860. The lowest BCUT2D eigenvalue weighted by Gasteiger charge is -2.25. The van der Waals surface area contributed by atoms with Crippen molar-refractivity contribution in [1.29, 1.82) is 0 Å². The van der Waals surface area contributed by atoms with Gasteiger partial charge in [-0.05, 0) is 79.9 Å². The molecule has 1 heterocycles. The average molecular weight is 900 g/mol. The lowest BCUT2D eigenvalue weighted by atomic mass is 10.0. The first-order chi connectivity index (χ1) is 30.8. The van der Waals surface area contributed by atoms with Crippen LogP contribution in [0.25, 0.3) is 0 Å². The molecule has 64 heavy (non-hydrogen) atoms. The van der Waals surface area contributed by atoms with E-state index >= 15 is 0 Å². The van der Waals surface area contributed by atoms with Crippen molar-refractivity contribution in [2.24, 2.45) is 29.4 Å². The molecule has 1 aromatic carbocycles. The van der Waals surface area contributed by atoms with Crippen molar-refractivity contribution in [2.45, 2.75) is 90.4 Å². The number of aryl methyl sites for hydroxylation is 1. The predicted octanol–water partition coefficient (Wildman–Crippen LogP) is 0.874. The molecule has 0 spiro atoms. The molecule has 0 saturated heterocycles. The Morgan fingerprint density at radius 2 is 1.50 bits per heavy atom. The minimum Gasteiger partial charge on any atom is -0.449 e. The van der Waals surface area contributed by atoms with Gasteiger partial charge in [0.15, 0.2) is 0 Å². The van der Waals surface area contributed by atoms with Gasteiger partial charge in [-0.15, -0.1) is 5.10 Å². The topological polar surface area (TPSA) is 297 Å². The Morgan fingerprint density at radius 1 is 0.797 bits per heavy atom. The highest BCUT2D eigenvalue weighted by Gasteiger charge is 2.50. The van der Waals surface area contributed by atoms with Crippen LogP contribution in [0.1, 0.15) is 69.3 Å². The van der Waals surface area contributed by atoms with Crippen LogP contribution in [0.5, 0.6) is 0 Å². The Kier molecular flexibility index (Phi) is 21.0. The van der Waals surface area contributed by atoms with E-state index in [1.165, 1.54) is 7.05 Å². The van der Waals surface area contributed by atoms with E-state index in [-0.39, 0.29) is 64.1 Å². The van der Waals surface area contributed by atoms with E-state index in [0.717, 1.165) is 37.1 Å². The normalized spacial score (nSPS) is 17.2. The highest BCUT2D eigenvalue weighted by atomic mass is 16.6. The molecule has 2 aromatic rings. The summed E-state index contributed by atoms with van der Waals surface area (Å²) in [4.78, 5) is 86.0. The van der Waals surface area contributed by atoms with Crippen LogP contribution in [-0.2, 0) is 64.1 Å². The fourth-order valence-corrected chi connectivity index (χ4v) is 7.47. The summed E-state index contributed by atoms with van der Waals surface area (Å²) in [5.41, 5.74) is 8.34. The summed E-state index contributed by atoms with van der Waals surface area (Å²) in [5, 5.41) is 27.2. The number of nitrogens with two attached hydrogens (primary N) is 1. The average Bonchev–Trinajstić information content (AvgIpc) is 3.78. The summed E-state index contributed by atoms with van der Waals surface area (Å²) in [6.07, 6.45) is 3.12. The fourth-order valence-electron chi connectivity index (χ4n) is 7.47. The number of amides is 8. The van der Waals surface area contributed by atoms with Gasteiger partial charge in [-0.2, -0.15) is 0 Å². The van der Waals surface area contributed by atoms with Crippen molar-refractivity contribution < 1.29 is 52.5 Å². The first-order valence-corrected chi connectivity index (χ1v) is 21.8. The third-order valence-electron chi connectivity index (χ3n) is 11.1. The van der Waals surface area contributed by atoms with Crippen LogP contribution >= 0.6 is 0 Å². The predicted molar refractivity (Wildman–Crippen MR) is 231 cm³/mol. The largest absolute Gasteiger partial charge is 0.449 e. The molecule has 354 valence electrons. The van der Waals surface area contributed by atoms with Crippen molar-refractivity contribution in [3.63, 3.8) is 0 Å². The van der Waals surface area contributed by atoms with Crippen LogP contribution in [-0.4, -0.2) is 129 Å². The van der Waals surface area contributed by atoms with Crippen LogP contribution in [0.4, 0.5) is 20.1 Å². The number of aromatic nitrogens is 3. The van der Waals surface area contributed by atoms with E-state index in [1.807, 2.05) is 4.68 Å². The van der Waals surface area contributed by atoms with Gasteiger partial charge in [-0.3, -0.25) is 19.2 Å². The number of nitrogens with zero attached hydrogens (tertiary/aromatic N) is 3. The Labute approximate surface area is 372 Å². The highest BCUT2D eigenvalue weighted by molar-refractivity contribution is 5.98. The van der Waals surface area contributed by atoms with Crippen LogP contribution < -0.4 is 43.0 Å². The zero-order valence-corrected chi connectivity index (χ0v) is 37.2. The molecule has 22 nitrogen and oxygen atoms in total. The molecule has 0 aliphatic heterocycles. The maximum atomic E-state index is 13.6. The molecule has 3 unspecified atom stereocenters. The molecular formula is C42H65N11O11. The summed E-state index contributed by atoms with van der Waals surface area (Å²) >= 11 is 0. The minimum atomic E-state index is -1.01. The quantitative estimate of drug-likeness (QED) is 0.0609. The van der Waals surface area contributed by atoms with Crippen molar-refractivity contribution in [2.75, 3.05) is 65.5 Å². The minimum absolute atomic E-state index is 0.00369. The molecule has 9 N–H and O–H groups in total. The van der Waals surface area contributed by atoms with Crippen molar-refractivity contribution in [3.8, 4) is 0 Å². The number of carbonyl (C=O) groups excluding carboxylic acids is 7. The first kappa shape index (κ1) is 50.6. The van der Waals surface area contributed by atoms with E-state index < -0.39 is 48.0 Å². The highest BCUT2D eigenvalue weighted by Crippen LogP contribution is 2.52. The van der Waals surface area contributed by atoms with Crippen LogP contribution in [0.15, 0.2) is 24.3 Å². The number of urea groups is 1. The molecule has 5 atom stereocenters. The van der Waals surface area contributed by atoms with E-state index in [4.69, 9.17) is 24.7 Å². The summed E-state index contributed by atoms with van der Waals surface area (Å²) in [7, 11) is 3.02. The molecule has 8 amide bonds. The van der Waals surface area contributed by atoms with Crippen molar-refractivity contribution >= 4 is 47.5 Å². The number of primary amides is 1. The number of rotatable bonds is 26. The molecule has 2 aliphatic rings. The van der Waals surface area contributed by atoms with Gasteiger partial charge in [0.05, 0.1) is 51.0 Å². The summed E-state index contributed by atoms with van der Waals surface area (Å²) in [5.74, 6) is -0.664. The lowest BCUT2D eigenvalue weighted by molar-refractivity contribution is -0.132. The Balaban J connectivity index is 1.17. The number of fused-ring (bicyclic) bond motifs is 2. The van der Waals surface area contributed by atoms with Crippen LogP contribution in [0, 0.1) is 23.7 Å². The van der Waals surface area contributed by atoms with Crippen LogP contribution in [0.3, 0.4) is 0 Å². The second kappa shape index (κ2) is 26.6. The Hall–Kier alpha value is -6.03. The number of benzene rings is 1. The number of alkyl carbamates (subject to hydrolysis) is 2. The second-order valence-electron chi connectivity index (χ2n) is 16.0. The lowest BCUT2D eigenvalue weighted by Crippen LogP contribution is -2.54.